The molecule has 0 unspecified atom stereocenters. The summed E-state index contributed by atoms with van der Waals surface area (Å²) in [6.07, 6.45) is 5.47. The molecule has 1 aromatic rings. The monoisotopic (exact) mass is 261 g/mol. The highest BCUT2D eigenvalue weighted by Gasteiger charge is 2.22. The van der Waals surface area contributed by atoms with Gasteiger partial charge in [-0.15, -0.1) is 0 Å². The van der Waals surface area contributed by atoms with Gasteiger partial charge in [0.25, 0.3) is 5.91 Å². The first-order valence-corrected chi connectivity index (χ1v) is 7.15. The van der Waals surface area contributed by atoms with Crippen LogP contribution >= 0.6 is 0 Å². The zero-order valence-corrected chi connectivity index (χ0v) is 11.8. The summed E-state index contributed by atoms with van der Waals surface area (Å²) >= 11 is 0. The highest BCUT2D eigenvalue weighted by molar-refractivity contribution is 5.94. The van der Waals surface area contributed by atoms with E-state index in [1.165, 1.54) is 5.56 Å². The highest BCUT2D eigenvalue weighted by Crippen LogP contribution is 2.21. The predicted octanol–water partition coefficient (Wildman–Crippen LogP) is 2.94. The van der Waals surface area contributed by atoms with E-state index in [-0.39, 0.29) is 5.91 Å². The molecule has 0 spiro atoms. The van der Waals surface area contributed by atoms with Crippen LogP contribution < -0.4 is 5.32 Å². The minimum Gasteiger partial charge on any atom is -0.381 e. The first kappa shape index (κ1) is 14.1. The maximum absolute atomic E-state index is 12.1. The summed E-state index contributed by atoms with van der Waals surface area (Å²) in [5.74, 6) is 0.0449. The molecule has 1 saturated carbocycles. The van der Waals surface area contributed by atoms with E-state index in [4.69, 9.17) is 4.74 Å². The number of carbonyl (C=O) groups excluding carboxylic acids is 1. The van der Waals surface area contributed by atoms with E-state index in [1.54, 1.807) is 7.11 Å². The summed E-state index contributed by atoms with van der Waals surface area (Å²) in [4.78, 5) is 12.1. The van der Waals surface area contributed by atoms with Crippen LogP contribution in [0.1, 0.15) is 48.5 Å². The average molecular weight is 261 g/mol. The molecule has 1 N–H and O–H groups in total. The lowest BCUT2D eigenvalue weighted by Crippen LogP contribution is -2.38. The van der Waals surface area contributed by atoms with Gasteiger partial charge < -0.3 is 10.1 Å². The van der Waals surface area contributed by atoms with Crippen molar-refractivity contribution in [1.82, 2.24) is 5.32 Å². The lowest BCUT2D eigenvalue weighted by molar-refractivity contribution is 0.0599. The summed E-state index contributed by atoms with van der Waals surface area (Å²) in [7, 11) is 1.76. The van der Waals surface area contributed by atoms with Crippen molar-refractivity contribution in [2.45, 2.75) is 51.2 Å². The van der Waals surface area contributed by atoms with Crippen molar-refractivity contribution in [2.24, 2.45) is 0 Å². The van der Waals surface area contributed by atoms with Gasteiger partial charge in [0.2, 0.25) is 0 Å². The van der Waals surface area contributed by atoms with Gasteiger partial charge in [-0.1, -0.05) is 19.1 Å². The van der Waals surface area contributed by atoms with Crippen LogP contribution in [0.4, 0.5) is 0 Å². The Bertz CT molecular complexity index is 405. The van der Waals surface area contributed by atoms with Crippen molar-refractivity contribution in [3.8, 4) is 0 Å². The minimum atomic E-state index is 0.0449. The standard InChI is InChI=1S/C16H23NO2/c1-3-12-4-6-13(7-5-12)16(18)17-14-8-10-15(19-2)11-9-14/h4-7,14-15H,3,8-11H2,1-2H3,(H,17,18). The van der Waals surface area contributed by atoms with Gasteiger partial charge in [-0.3, -0.25) is 4.79 Å². The van der Waals surface area contributed by atoms with Crippen LogP contribution in [-0.2, 0) is 11.2 Å². The number of aryl methyl sites for hydroxylation is 1. The normalized spacial score (nSPS) is 23.1. The summed E-state index contributed by atoms with van der Waals surface area (Å²) in [6.45, 7) is 2.11. The molecule has 1 fully saturated rings. The van der Waals surface area contributed by atoms with Crippen LogP contribution in [0.3, 0.4) is 0 Å². The van der Waals surface area contributed by atoms with Gasteiger partial charge in [0.15, 0.2) is 0 Å². The number of carbonyl (C=O) groups is 1. The summed E-state index contributed by atoms with van der Waals surface area (Å²) in [6, 6.07) is 8.17. The fraction of sp³-hybridized carbons (Fsp3) is 0.562. The van der Waals surface area contributed by atoms with Crippen molar-refractivity contribution >= 4 is 5.91 Å². The van der Waals surface area contributed by atoms with Crippen molar-refractivity contribution < 1.29 is 9.53 Å². The summed E-state index contributed by atoms with van der Waals surface area (Å²) in [5.41, 5.74) is 2.02. The molecule has 0 aliphatic heterocycles. The Morgan fingerprint density at radius 3 is 2.37 bits per heavy atom. The van der Waals surface area contributed by atoms with Crippen LogP contribution in [0.5, 0.6) is 0 Å². The maximum atomic E-state index is 12.1. The third kappa shape index (κ3) is 3.80. The van der Waals surface area contributed by atoms with Gasteiger partial charge in [-0.25, -0.2) is 0 Å². The van der Waals surface area contributed by atoms with E-state index in [0.717, 1.165) is 37.7 Å². The summed E-state index contributed by atoms with van der Waals surface area (Å²) < 4.78 is 5.34. The number of benzene rings is 1. The van der Waals surface area contributed by atoms with Gasteiger partial charge in [-0.05, 0) is 49.8 Å². The number of hydrogen-bond acceptors (Lipinski definition) is 2. The molecule has 0 heterocycles. The third-order valence-electron chi connectivity index (χ3n) is 3.97. The quantitative estimate of drug-likeness (QED) is 0.905. The fourth-order valence-electron chi connectivity index (χ4n) is 2.60. The first-order chi connectivity index (χ1) is 9.22. The molecule has 0 atom stereocenters. The predicted molar refractivity (Wildman–Crippen MR) is 76.3 cm³/mol. The van der Waals surface area contributed by atoms with Gasteiger partial charge in [0, 0.05) is 18.7 Å². The summed E-state index contributed by atoms with van der Waals surface area (Å²) in [5, 5.41) is 3.12. The van der Waals surface area contributed by atoms with Crippen molar-refractivity contribution in [3.63, 3.8) is 0 Å². The largest absolute Gasteiger partial charge is 0.381 e. The Kier molecular flexibility index (Phi) is 4.97. The Hall–Kier alpha value is -1.35. The number of rotatable bonds is 4. The Labute approximate surface area is 115 Å². The molecular formula is C16H23NO2. The van der Waals surface area contributed by atoms with Crippen molar-refractivity contribution in [3.05, 3.63) is 35.4 Å². The Balaban J connectivity index is 1.87. The first-order valence-electron chi connectivity index (χ1n) is 7.15. The molecule has 2 rings (SSSR count). The number of methoxy groups -OCH3 is 1. The molecule has 3 heteroatoms. The van der Waals surface area contributed by atoms with Gasteiger partial charge in [0.1, 0.15) is 0 Å². The zero-order valence-electron chi connectivity index (χ0n) is 11.8. The van der Waals surface area contributed by atoms with Crippen LogP contribution in [0, 0.1) is 0 Å². The molecule has 104 valence electrons. The van der Waals surface area contributed by atoms with Crippen LogP contribution in [0.25, 0.3) is 0 Å². The maximum Gasteiger partial charge on any atom is 0.251 e. The second-order valence-electron chi connectivity index (χ2n) is 5.23. The second-order valence-corrected chi connectivity index (χ2v) is 5.23. The van der Waals surface area contributed by atoms with E-state index in [0.29, 0.717) is 12.1 Å². The number of nitrogens with one attached hydrogen (secondary N) is 1. The molecular weight excluding hydrogens is 238 g/mol. The van der Waals surface area contributed by atoms with E-state index in [2.05, 4.69) is 12.2 Å². The Morgan fingerprint density at radius 2 is 1.84 bits per heavy atom. The highest BCUT2D eigenvalue weighted by atomic mass is 16.5. The molecule has 1 aliphatic carbocycles. The molecule has 1 amide bonds. The second kappa shape index (κ2) is 6.71. The van der Waals surface area contributed by atoms with Crippen LogP contribution in [0.2, 0.25) is 0 Å². The number of hydrogen-bond donors (Lipinski definition) is 1. The molecule has 0 saturated heterocycles. The van der Waals surface area contributed by atoms with Crippen molar-refractivity contribution in [2.75, 3.05) is 7.11 Å². The average Bonchev–Trinajstić information content (AvgIpc) is 2.48. The molecule has 0 aromatic heterocycles. The molecule has 1 aliphatic rings. The van der Waals surface area contributed by atoms with Crippen molar-refractivity contribution in [1.29, 1.82) is 0 Å². The van der Waals surface area contributed by atoms with E-state index in [1.807, 2.05) is 24.3 Å². The molecule has 0 radical (unpaired) electrons. The number of amides is 1. The third-order valence-corrected chi connectivity index (χ3v) is 3.97. The minimum absolute atomic E-state index is 0.0449. The van der Waals surface area contributed by atoms with Gasteiger partial charge in [0.05, 0.1) is 6.10 Å². The Morgan fingerprint density at radius 1 is 1.21 bits per heavy atom. The smallest absolute Gasteiger partial charge is 0.251 e. The van der Waals surface area contributed by atoms with Crippen LogP contribution in [0.15, 0.2) is 24.3 Å². The zero-order chi connectivity index (χ0) is 13.7. The topological polar surface area (TPSA) is 38.3 Å². The van der Waals surface area contributed by atoms with Gasteiger partial charge >= 0.3 is 0 Å². The molecule has 3 nitrogen and oxygen atoms in total. The van der Waals surface area contributed by atoms with E-state index >= 15 is 0 Å². The van der Waals surface area contributed by atoms with E-state index < -0.39 is 0 Å². The molecule has 0 bridgehead atoms. The molecule has 19 heavy (non-hydrogen) atoms. The lowest BCUT2D eigenvalue weighted by atomic mass is 9.93. The SMILES string of the molecule is CCc1ccc(C(=O)NC2CCC(OC)CC2)cc1. The fourth-order valence-corrected chi connectivity index (χ4v) is 2.60. The van der Waals surface area contributed by atoms with Crippen LogP contribution in [-0.4, -0.2) is 25.2 Å². The molecule has 1 aromatic carbocycles. The number of ether oxygens (including phenoxy) is 1. The van der Waals surface area contributed by atoms with E-state index in [9.17, 15) is 4.79 Å². The lowest BCUT2D eigenvalue weighted by Gasteiger charge is -2.28. The van der Waals surface area contributed by atoms with Gasteiger partial charge in [-0.2, -0.15) is 0 Å².